The fraction of sp³-hybridized carbons (Fsp3) is 0.368. The van der Waals surface area contributed by atoms with Crippen LogP contribution in [0.5, 0.6) is 0 Å². The third-order valence-electron chi connectivity index (χ3n) is 4.32. The molecule has 0 bridgehead atoms. The highest BCUT2D eigenvalue weighted by Crippen LogP contribution is 2.39. The molecule has 0 aliphatic heterocycles. The molecule has 0 heterocycles. The van der Waals surface area contributed by atoms with Crippen molar-refractivity contribution in [1.82, 2.24) is 0 Å². The first-order chi connectivity index (χ1) is 10.0. The summed E-state index contributed by atoms with van der Waals surface area (Å²) in [5.74, 6) is 0.470. The molecule has 0 aromatic heterocycles. The van der Waals surface area contributed by atoms with E-state index in [1.54, 1.807) is 0 Å². The Morgan fingerprint density at radius 1 is 1.05 bits per heavy atom. The predicted octanol–water partition coefficient (Wildman–Crippen LogP) is 5.51. The van der Waals surface area contributed by atoms with Gasteiger partial charge in [-0.25, -0.2) is 0 Å². The minimum atomic E-state index is -0.541. The smallest absolute Gasteiger partial charge is 0.0861 e. The minimum absolute atomic E-state index is 0.0787. The second kappa shape index (κ2) is 7.11. The van der Waals surface area contributed by atoms with Gasteiger partial charge in [0.2, 0.25) is 0 Å². The third-order valence-corrected chi connectivity index (χ3v) is 4.73. The Morgan fingerprint density at radius 2 is 1.71 bits per heavy atom. The van der Waals surface area contributed by atoms with Crippen LogP contribution in [-0.2, 0) is 0 Å². The van der Waals surface area contributed by atoms with Crippen LogP contribution in [0.15, 0.2) is 48.5 Å². The lowest BCUT2D eigenvalue weighted by atomic mass is 9.79. The zero-order valence-electron chi connectivity index (χ0n) is 12.9. The van der Waals surface area contributed by atoms with E-state index in [2.05, 4.69) is 26.0 Å². The summed E-state index contributed by atoms with van der Waals surface area (Å²) in [4.78, 5) is 0. The predicted molar refractivity (Wildman–Crippen MR) is 89.8 cm³/mol. The summed E-state index contributed by atoms with van der Waals surface area (Å²) in [7, 11) is 0. The number of benzene rings is 2. The molecule has 2 aromatic rings. The standard InChI is InChI=1S/C19H23ClO/c1-4-13(2)18(15-8-6-5-7-9-15)19(21)16-11-10-14(3)17(20)12-16/h5-13,18-19,21H,4H2,1-3H3. The molecule has 0 saturated carbocycles. The van der Waals surface area contributed by atoms with Crippen LogP contribution in [0.4, 0.5) is 0 Å². The van der Waals surface area contributed by atoms with Gasteiger partial charge in [-0.1, -0.05) is 74.3 Å². The summed E-state index contributed by atoms with van der Waals surface area (Å²) < 4.78 is 0. The first kappa shape index (κ1) is 16.1. The number of halogens is 1. The van der Waals surface area contributed by atoms with Gasteiger partial charge in [-0.2, -0.15) is 0 Å². The van der Waals surface area contributed by atoms with Crippen LogP contribution in [0.3, 0.4) is 0 Å². The van der Waals surface area contributed by atoms with E-state index in [0.717, 1.165) is 17.5 Å². The largest absolute Gasteiger partial charge is 0.388 e. The first-order valence-corrected chi connectivity index (χ1v) is 7.91. The maximum Gasteiger partial charge on any atom is 0.0861 e. The summed E-state index contributed by atoms with van der Waals surface area (Å²) in [6.07, 6.45) is 0.483. The monoisotopic (exact) mass is 302 g/mol. The van der Waals surface area contributed by atoms with Crippen LogP contribution >= 0.6 is 11.6 Å². The highest BCUT2D eigenvalue weighted by atomic mass is 35.5. The molecule has 112 valence electrons. The van der Waals surface area contributed by atoms with Crippen molar-refractivity contribution in [2.24, 2.45) is 5.92 Å². The molecule has 0 spiro atoms. The van der Waals surface area contributed by atoms with E-state index >= 15 is 0 Å². The molecule has 1 nitrogen and oxygen atoms in total. The third kappa shape index (κ3) is 3.66. The molecule has 0 amide bonds. The van der Waals surface area contributed by atoms with Gasteiger partial charge in [-0.15, -0.1) is 0 Å². The van der Waals surface area contributed by atoms with Crippen molar-refractivity contribution >= 4 is 11.6 Å². The maximum absolute atomic E-state index is 10.9. The second-order valence-electron chi connectivity index (χ2n) is 5.78. The summed E-state index contributed by atoms with van der Waals surface area (Å²) in [5, 5.41) is 11.6. The topological polar surface area (TPSA) is 20.2 Å². The molecule has 0 fully saturated rings. The van der Waals surface area contributed by atoms with Gasteiger partial charge >= 0.3 is 0 Å². The van der Waals surface area contributed by atoms with Gasteiger partial charge in [0, 0.05) is 10.9 Å². The summed E-state index contributed by atoms with van der Waals surface area (Å²) in [5.41, 5.74) is 3.10. The van der Waals surface area contributed by atoms with E-state index in [9.17, 15) is 5.11 Å². The maximum atomic E-state index is 10.9. The van der Waals surface area contributed by atoms with Gasteiger partial charge in [0.05, 0.1) is 6.10 Å². The first-order valence-electron chi connectivity index (χ1n) is 7.53. The molecule has 2 heteroatoms. The summed E-state index contributed by atoms with van der Waals surface area (Å²) in [6.45, 7) is 6.33. The van der Waals surface area contributed by atoms with Gasteiger partial charge in [0.15, 0.2) is 0 Å². The Balaban J connectivity index is 2.38. The average molecular weight is 303 g/mol. The number of rotatable bonds is 5. The Labute approximate surface area is 132 Å². The van der Waals surface area contributed by atoms with Crippen LogP contribution in [-0.4, -0.2) is 5.11 Å². The van der Waals surface area contributed by atoms with Crippen molar-refractivity contribution in [3.05, 3.63) is 70.2 Å². The molecule has 3 atom stereocenters. The number of aliphatic hydroxyl groups is 1. The molecule has 2 aromatic carbocycles. The van der Waals surface area contributed by atoms with Crippen molar-refractivity contribution in [3.63, 3.8) is 0 Å². The van der Waals surface area contributed by atoms with Crippen molar-refractivity contribution in [2.75, 3.05) is 0 Å². The molecule has 3 unspecified atom stereocenters. The number of aliphatic hydroxyl groups excluding tert-OH is 1. The van der Waals surface area contributed by atoms with Gasteiger partial charge < -0.3 is 5.11 Å². The molecule has 0 aliphatic carbocycles. The molecular formula is C19H23ClO. The van der Waals surface area contributed by atoms with Gasteiger partial charge in [0.25, 0.3) is 0 Å². The van der Waals surface area contributed by atoms with E-state index in [1.807, 2.05) is 43.3 Å². The van der Waals surface area contributed by atoms with Gasteiger partial charge in [-0.3, -0.25) is 0 Å². The lowest BCUT2D eigenvalue weighted by Crippen LogP contribution is -2.18. The Kier molecular flexibility index (Phi) is 5.44. The molecule has 21 heavy (non-hydrogen) atoms. The normalized spacial score (nSPS) is 15.5. The average Bonchev–Trinajstić information content (AvgIpc) is 2.51. The van der Waals surface area contributed by atoms with E-state index in [0.29, 0.717) is 10.9 Å². The van der Waals surface area contributed by atoms with Crippen LogP contribution in [0, 0.1) is 12.8 Å². The highest BCUT2D eigenvalue weighted by Gasteiger charge is 2.27. The Morgan fingerprint density at radius 3 is 2.29 bits per heavy atom. The lowest BCUT2D eigenvalue weighted by Gasteiger charge is -2.29. The molecular weight excluding hydrogens is 280 g/mol. The van der Waals surface area contributed by atoms with E-state index in [1.165, 1.54) is 5.56 Å². The SMILES string of the molecule is CCC(C)C(c1ccccc1)C(O)c1ccc(C)c(Cl)c1. The van der Waals surface area contributed by atoms with E-state index in [-0.39, 0.29) is 5.92 Å². The fourth-order valence-electron chi connectivity index (χ4n) is 2.75. The van der Waals surface area contributed by atoms with Crippen LogP contribution in [0.2, 0.25) is 5.02 Å². The number of hydrogen-bond acceptors (Lipinski definition) is 1. The second-order valence-corrected chi connectivity index (χ2v) is 6.18. The van der Waals surface area contributed by atoms with Crippen LogP contribution in [0.1, 0.15) is 49.0 Å². The number of hydrogen-bond donors (Lipinski definition) is 1. The lowest BCUT2D eigenvalue weighted by molar-refractivity contribution is 0.118. The zero-order chi connectivity index (χ0) is 15.4. The van der Waals surface area contributed by atoms with Crippen molar-refractivity contribution in [1.29, 1.82) is 0 Å². The molecule has 0 radical (unpaired) electrons. The molecule has 0 aliphatic rings. The Hall–Kier alpha value is -1.31. The van der Waals surface area contributed by atoms with Gasteiger partial charge in [-0.05, 0) is 35.6 Å². The van der Waals surface area contributed by atoms with E-state index < -0.39 is 6.10 Å². The summed E-state index contributed by atoms with van der Waals surface area (Å²) >= 11 is 6.21. The molecule has 2 rings (SSSR count). The minimum Gasteiger partial charge on any atom is -0.388 e. The van der Waals surface area contributed by atoms with E-state index in [4.69, 9.17) is 11.6 Å². The number of aryl methyl sites for hydroxylation is 1. The van der Waals surface area contributed by atoms with Crippen molar-refractivity contribution < 1.29 is 5.11 Å². The quantitative estimate of drug-likeness (QED) is 0.772. The van der Waals surface area contributed by atoms with Crippen LogP contribution < -0.4 is 0 Å². The van der Waals surface area contributed by atoms with Crippen LogP contribution in [0.25, 0.3) is 0 Å². The molecule has 0 saturated heterocycles. The molecule has 1 N–H and O–H groups in total. The fourth-order valence-corrected chi connectivity index (χ4v) is 2.94. The Bertz CT molecular complexity index is 579. The zero-order valence-corrected chi connectivity index (χ0v) is 13.6. The highest BCUT2D eigenvalue weighted by molar-refractivity contribution is 6.31. The van der Waals surface area contributed by atoms with Crippen molar-refractivity contribution in [3.8, 4) is 0 Å². The van der Waals surface area contributed by atoms with Gasteiger partial charge in [0.1, 0.15) is 0 Å². The summed E-state index contributed by atoms with van der Waals surface area (Å²) in [6, 6.07) is 16.1. The van der Waals surface area contributed by atoms with Crippen molar-refractivity contribution in [2.45, 2.75) is 39.2 Å².